The number of hydrogen-bond donors (Lipinski definition) is 2. The van der Waals surface area contributed by atoms with E-state index in [1.54, 1.807) is 12.1 Å². The number of phenolic OH excluding ortho intramolecular Hbond substituents is 1. The van der Waals surface area contributed by atoms with Gasteiger partial charge in [-0.2, -0.15) is 0 Å². The molecule has 112 valence electrons. The van der Waals surface area contributed by atoms with Crippen LogP contribution in [0.15, 0.2) is 42.5 Å². The van der Waals surface area contributed by atoms with Crippen LogP contribution >= 0.6 is 0 Å². The molecule has 0 radical (unpaired) electrons. The second-order valence-corrected chi connectivity index (χ2v) is 5.25. The topological polar surface area (TPSA) is 32.3 Å². The van der Waals surface area contributed by atoms with Crippen LogP contribution < -0.4 is 5.32 Å². The summed E-state index contributed by atoms with van der Waals surface area (Å²) in [4.78, 5) is 0. The number of aromatic hydroxyl groups is 1. The van der Waals surface area contributed by atoms with Gasteiger partial charge in [-0.25, -0.2) is 8.78 Å². The van der Waals surface area contributed by atoms with E-state index in [9.17, 15) is 13.9 Å². The largest absolute Gasteiger partial charge is 0.508 e. The molecule has 0 fully saturated rings. The SMILES string of the molecule is CC(Cc1c(F)cccc1F)NC(C)c1ccccc1O. The van der Waals surface area contributed by atoms with Crippen molar-refractivity contribution in [3.63, 3.8) is 0 Å². The van der Waals surface area contributed by atoms with Crippen LogP contribution in [-0.2, 0) is 6.42 Å². The van der Waals surface area contributed by atoms with E-state index in [0.29, 0.717) is 0 Å². The standard InChI is InChI=1S/C17H19F2NO/c1-11(10-14-15(18)7-5-8-16(14)19)20-12(2)13-6-3-4-9-17(13)21/h3-9,11-12,20-21H,10H2,1-2H3. The highest BCUT2D eigenvalue weighted by molar-refractivity contribution is 5.34. The Morgan fingerprint density at radius 1 is 1.00 bits per heavy atom. The van der Waals surface area contributed by atoms with Gasteiger partial charge in [-0.1, -0.05) is 24.3 Å². The van der Waals surface area contributed by atoms with Crippen molar-refractivity contribution in [3.05, 3.63) is 65.2 Å². The third kappa shape index (κ3) is 3.79. The molecule has 2 rings (SSSR count). The molecule has 0 saturated carbocycles. The zero-order valence-corrected chi connectivity index (χ0v) is 12.1. The Bertz CT molecular complexity index is 595. The highest BCUT2D eigenvalue weighted by Crippen LogP contribution is 2.24. The van der Waals surface area contributed by atoms with Crippen molar-refractivity contribution < 1.29 is 13.9 Å². The van der Waals surface area contributed by atoms with Crippen LogP contribution in [0.5, 0.6) is 5.75 Å². The third-order valence-corrected chi connectivity index (χ3v) is 3.51. The van der Waals surface area contributed by atoms with E-state index in [4.69, 9.17) is 0 Å². The lowest BCUT2D eigenvalue weighted by Crippen LogP contribution is -2.31. The maximum absolute atomic E-state index is 13.6. The van der Waals surface area contributed by atoms with Gasteiger partial charge in [-0.15, -0.1) is 0 Å². The first-order chi connectivity index (χ1) is 9.99. The van der Waals surface area contributed by atoms with Crippen LogP contribution in [0.3, 0.4) is 0 Å². The number of phenols is 1. The van der Waals surface area contributed by atoms with E-state index >= 15 is 0 Å². The lowest BCUT2D eigenvalue weighted by Gasteiger charge is -2.21. The summed E-state index contributed by atoms with van der Waals surface area (Å²) in [6, 6.07) is 10.7. The molecule has 2 aromatic rings. The van der Waals surface area contributed by atoms with Crippen molar-refractivity contribution in [2.24, 2.45) is 0 Å². The molecule has 0 spiro atoms. The summed E-state index contributed by atoms with van der Waals surface area (Å²) in [6.45, 7) is 3.77. The van der Waals surface area contributed by atoms with E-state index in [-0.39, 0.29) is 29.8 Å². The molecule has 0 aliphatic rings. The van der Waals surface area contributed by atoms with Crippen molar-refractivity contribution in [3.8, 4) is 5.75 Å². The number of para-hydroxylation sites is 1. The fourth-order valence-electron chi connectivity index (χ4n) is 2.46. The van der Waals surface area contributed by atoms with Gasteiger partial charge in [0.1, 0.15) is 17.4 Å². The Morgan fingerprint density at radius 2 is 1.62 bits per heavy atom. The Labute approximate surface area is 123 Å². The van der Waals surface area contributed by atoms with Crippen LogP contribution in [0.25, 0.3) is 0 Å². The monoisotopic (exact) mass is 291 g/mol. The molecule has 0 saturated heterocycles. The predicted octanol–water partition coefficient (Wildman–Crippen LogP) is 3.95. The fraction of sp³-hybridized carbons (Fsp3) is 0.294. The maximum Gasteiger partial charge on any atom is 0.129 e. The summed E-state index contributed by atoms with van der Waals surface area (Å²) in [7, 11) is 0. The predicted molar refractivity (Wildman–Crippen MR) is 79.2 cm³/mol. The van der Waals surface area contributed by atoms with Gasteiger partial charge in [0.05, 0.1) is 0 Å². The minimum absolute atomic E-state index is 0.0852. The molecule has 0 aliphatic heterocycles. The summed E-state index contributed by atoms with van der Waals surface area (Å²) in [6.07, 6.45) is 0.246. The van der Waals surface area contributed by atoms with Gasteiger partial charge in [-0.3, -0.25) is 0 Å². The molecule has 2 N–H and O–H groups in total. The molecular weight excluding hydrogens is 272 g/mol. The average Bonchev–Trinajstić information content (AvgIpc) is 2.43. The molecule has 0 heterocycles. The van der Waals surface area contributed by atoms with Crippen molar-refractivity contribution in [1.82, 2.24) is 5.32 Å². The minimum Gasteiger partial charge on any atom is -0.508 e. The van der Waals surface area contributed by atoms with E-state index in [1.165, 1.54) is 18.2 Å². The number of benzene rings is 2. The van der Waals surface area contributed by atoms with E-state index < -0.39 is 11.6 Å². The van der Waals surface area contributed by atoms with Crippen LogP contribution in [0.1, 0.15) is 31.0 Å². The molecule has 21 heavy (non-hydrogen) atoms. The van der Waals surface area contributed by atoms with Crippen LogP contribution in [0.4, 0.5) is 8.78 Å². The second kappa shape index (κ2) is 6.68. The van der Waals surface area contributed by atoms with Crippen LogP contribution in [-0.4, -0.2) is 11.1 Å². The van der Waals surface area contributed by atoms with Gasteiger partial charge < -0.3 is 10.4 Å². The molecule has 2 nitrogen and oxygen atoms in total. The summed E-state index contributed by atoms with van der Waals surface area (Å²) >= 11 is 0. The first-order valence-corrected chi connectivity index (χ1v) is 6.96. The summed E-state index contributed by atoms with van der Waals surface area (Å²) < 4.78 is 27.3. The molecule has 0 aromatic heterocycles. The van der Waals surface area contributed by atoms with Crippen molar-refractivity contribution in [2.45, 2.75) is 32.4 Å². The second-order valence-electron chi connectivity index (χ2n) is 5.25. The minimum atomic E-state index is -0.529. The van der Waals surface area contributed by atoms with Crippen molar-refractivity contribution in [1.29, 1.82) is 0 Å². The van der Waals surface area contributed by atoms with Gasteiger partial charge >= 0.3 is 0 Å². The maximum atomic E-state index is 13.6. The molecule has 2 aromatic carbocycles. The molecular formula is C17H19F2NO. The lowest BCUT2D eigenvalue weighted by molar-refractivity contribution is 0.427. The first-order valence-electron chi connectivity index (χ1n) is 6.96. The van der Waals surface area contributed by atoms with E-state index in [1.807, 2.05) is 26.0 Å². The number of halogens is 2. The Morgan fingerprint density at radius 3 is 2.24 bits per heavy atom. The summed E-state index contributed by atoms with van der Waals surface area (Å²) in [5, 5.41) is 13.1. The van der Waals surface area contributed by atoms with Crippen molar-refractivity contribution >= 4 is 0 Å². The van der Waals surface area contributed by atoms with Gasteiger partial charge in [-0.05, 0) is 38.5 Å². The lowest BCUT2D eigenvalue weighted by atomic mass is 10.0. The molecule has 2 atom stereocenters. The van der Waals surface area contributed by atoms with Gasteiger partial charge in [0.25, 0.3) is 0 Å². The Balaban J connectivity index is 2.05. The normalized spacial score (nSPS) is 13.9. The van der Waals surface area contributed by atoms with Gasteiger partial charge in [0.2, 0.25) is 0 Å². The average molecular weight is 291 g/mol. The zero-order valence-electron chi connectivity index (χ0n) is 12.1. The van der Waals surface area contributed by atoms with Gasteiger partial charge in [0, 0.05) is 23.2 Å². The molecule has 4 heteroatoms. The number of nitrogens with one attached hydrogen (secondary N) is 1. The summed E-state index contributed by atoms with van der Waals surface area (Å²) in [5.41, 5.74) is 0.848. The quantitative estimate of drug-likeness (QED) is 0.874. The van der Waals surface area contributed by atoms with E-state index in [2.05, 4.69) is 5.32 Å². The number of rotatable bonds is 5. The number of hydrogen-bond acceptors (Lipinski definition) is 2. The smallest absolute Gasteiger partial charge is 0.129 e. The molecule has 2 unspecified atom stereocenters. The molecule has 0 bridgehead atoms. The highest BCUT2D eigenvalue weighted by atomic mass is 19.1. The Kier molecular flexibility index (Phi) is 4.91. The summed E-state index contributed by atoms with van der Waals surface area (Å²) in [5.74, 6) is -0.848. The molecule has 0 amide bonds. The van der Waals surface area contributed by atoms with Crippen LogP contribution in [0.2, 0.25) is 0 Å². The first kappa shape index (κ1) is 15.4. The Hall–Kier alpha value is -1.94. The van der Waals surface area contributed by atoms with E-state index in [0.717, 1.165) is 5.56 Å². The van der Waals surface area contributed by atoms with Crippen LogP contribution in [0, 0.1) is 11.6 Å². The van der Waals surface area contributed by atoms with Crippen molar-refractivity contribution in [2.75, 3.05) is 0 Å². The zero-order chi connectivity index (χ0) is 15.4. The highest BCUT2D eigenvalue weighted by Gasteiger charge is 2.16. The third-order valence-electron chi connectivity index (χ3n) is 3.51. The molecule has 0 aliphatic carbocycles. The fourth-order valence-corrected chi connectivity index (χ4v) is 2.46. The van der Waals surface area contributed by atoms with Gasteiger partial charge in [0.15, 0.2) is 0 Å².